The van der Waals surface area contributed by atoms with Gasteiger partial charge in [-0.3, -0.25) is 0 Å². The maximum Gasteiger partial charge on any atom is 0.148 e. The van der Waals surface area contributed by atoms with Crippen molar-refractivity contribution in [2.45, 2.75) is 56.0 Å². The van der Waals surface area contributed by atoms with Gasteiger partial charge in [-0.1, -0.05) is 52.6 Å². The molecular weight excluding hydrogens is 455 g/mol. The number of nitrogens with zero attached hydrogens (tertiary/aromatic N) is 5. The van der Waals surface area contributed by atoms with Gasteiger partial charge in [-0.25, -0.2) is 9.97 Å². The summed E-state index contributed by atoms with van der Waals surface area (Å²) in [5.41, 5.74) is 15.2. The van der Waals surface area contributed by atoms with Crippen LogP contribution in [0.5, 0.6) is 0 Å². The minimum absolute atomic E-state index is 0.124. The Bertz CT molecular complexity index is 1290. The van der Waals surface area contributed by atoms with E-state index in [-0.39, 0.29) is 12.1 Å². The van der Waals surface area contributed by atoms with E-state index < -0.39 is 0 Å². The van der Waals surface area contributed by atoms with Crippen LogP contribution in [0.4, 0.5) is 5.82 Å². The van der Waals surface area contributed by atoms with E-state index >= 15 is 0 Å². The molecule has 0 saturated heterocycles. The van der Waals surface area contributed by atoms with E-state index in [1.165, 1.54) is 5.56 Å². The summed E-state index contributed by atoms with van der Waals surface area (Å²) in [7, 11) is 0. The SMILES string of the molecule is [N-]=[N+]=NC1Cc2ccccc2C1Nc1nc(C2CC2)c(-c2ccc(Cl)cc2Cl)nc1C1CC1. The van der Waals surface area contributed by atoms with Crippen LogP contribution >= 0.6 is 23.2 Å². The first-order valence-corrected chi connectivity index (χ1v) is 12.1. The molecule has 1 N–H and O–H groups in total. The predicted octanol–water partition coefficient (Wildman–Crippen LogP) is 7.59. The molecule has 0 spiro atoms. The van der Waals surface area contributed by atoms with Crippen molar-refractivity contribution >= 4 is 29.0 Å². The van der Waals surface area contributed by atoms with Gasteiger partial charge in [-0.05, 0) is 67.0 Å². The lowest BCUT2D eigenvalue weighted by atomic mass is 10.0. The van der Waals surface area contributed by atoms with E-state index in [0.29, 0.717) is 21.9 Å². The molecule has 2 saturated carbocycles. The van der Waals surface area contributed by atoms with Crippen LogP contribution in [0.1, 0.15) is 66.1 Å². The molecule has 2 aromatic carbocycles. The third-order valence-corrected chi connectivity index (χ3v) is 7.31. The summed E-state index contributed by atoms with van der Waals surface area (Å²) in [4.78, 5) is 13.4. The van der Waals surface area contributed by atoms with Crippen LogP contribution in [0.25, 0.3) is 21.7 Å². The Morgan fingerprint density at radius 1 is 0.970 bits per heavy atom. The number of nitrogens with one attached hydrogen (secondary N) is 1. The Kier molecular flexibility index (Phi) is 5.17. The van der Waals surface area contributed by atoms with Crippen molar-refractivity contribution in [3.63, 3.8) is 0 Å². The highest BCUT2D eigenvalue weighted by atomic mass is 35.5. The first-order valence-electron chi connectivity index (χ1n) is 11.4. The van der Waals surface area contributed by atoms with Crippen LogP contribution in [0.2, 0.25) is 10.0 Å². The van der Waals surface area contributed by atoms with Crippen molar-refractivity contribution in [1.82, 2.24) is 9.97 Å². The van der Waals surface area contributed by atoms with E-state index in [0.717, 1.165) is 66.1 Å². The Labute approximate surface area is 202 Å². The van der Waals surface area contributed by atoms with E-state index in [1.54, 1.807) is 6.07 Å². The zero-order chi connectivity index (χ0) is 22.5. The summed E-state index contributed by atoms with van der Waals surface area (Å²) < 4.78 is 0. The molecular formula is C25H22Cl2N6. The van der Waals surface area contributed by atoms with Crippen molar-refractivity contribution in [3.8, 4) is 11.3 Å². The molecule has 1 heterocycles. The molecule has 6 nitrogen and oxygen atoms in total. The molecule has 1 aromatic heterocycles. The molecule has 0 radical (unpaired) electrons. The summed E-state index contributed by atoms with van der Waals surface area (Å²) >= 11 is 12.7. The number of halogens is 2. The number of hydrogen-bond acceptors (Lipinski definition) is 4. The summed E-state index contributed by atoms with van der Waals surface area (Å²) in [6.07, 6.45) is 5.12. The molecule has 2 atom stereocenters. The molecule has 0 aliphatic heterocycles. The quantitative estimate of drug-likeness (QED) is 0.225. The molecule has 2 unspecified atom stereocenters. The smallest absolute Gasteiger partial charge is 0.148 e. The van der Waals surface area contributed by atoms with E-state index in [9.17, 15) is 0 Å². The number of aromatic nitrogens is 2. The summed E-state index contributed by atoms with van der Waals surface area (Å²) in [5.74, 6) is 1.58. The maximum absolute atomic E-state index is 9.16. The highest BCUT2D eigenvalue weighted by Crippen LogP contribution is 2.49. The fourth-order valence-corrected chi connectivity index (χ4v) is 5.30. The van der Waals surface area contributed by atoms with Gasteiger partial charge in [0.1, 0.15) is 5.82 Å². The average molecular weight is 477 g/mol. The molecule has 2 fully saturated rings. The van der Waals surface area contributed by atoms with Gasteiger partial charge >= 0.3 is 0 Å². The minimum atomic E-state index is -0.198. The van der Waals surface area contributed by atoms with Gasteiger partial charge in [0.15, 0.2) is 0 Å². The largest absolute Gasteiger partial charge is 0.361 e. The zero-order valence-corrected chi connectivity index (χ0v) is 19.4. The van der Waals surface area contributed by atoms with Crippen molar-refractivity contribution in [2.24, 2.45) is 5.11 Å². The molecule has 6 rings (SSSR count). The van der Waals surface area contributed by atoms with E-state index in [2.05, 4.69) is 27.5 Å². The van der Waals surface area contributed by atoms with Gasteiger partial charge in [0.05, 0.1) is 34.2 Å². The van der Waals surface area contributed by atoms with Gasteiger partial charge in [-0.15, -0.1) is 0 Å². The molecule has 166 valence electrons. The van der Waals surface area contributed by atoms with Crippen LogP contribution in [0.15, 0.2) is 47.6 Å². The van der Waals surface area contributed by atoms with Crippen molar-refractivity contribution in [2.75, 3.05) is 5.32 Å². The lowest BCUT2D eigenvalue weighted by Crippen LogP contribution is -2.22. The molecule has 0 bridgehead atoms. The fraction of sp³-hybridized carbons (Fsp3) is 0.360. The lowest BCUT2D eigenvalue weighted by molar-refractivity contribution is 0.618. The second-order valence-electron chi connectivity index (χ2n) is 9.16. The molecule has 8 heteroatoms. The minimum Gasteiger partial charge on any atom is -0.361 e. The third kappa shape index (κ3) is 3.93. The number of hydrogen-bond donors (Lipinski definition) is 1. The first kappa shape index (κ1) is 20.8. The molecule has 3 aromatic rings. The van der Waals surface area contributed by atoms with Crippen LogP contribution in [0, 0.1) is 0 Å². The normalized spacial score (nSPS) is 21.4. The van der Waals surface area contributed by atoms with Crippen LogP contribution in [0.3, 0.4) is 0 Å². The second-order valence-corrected chi connectivity index (χ2v) is 10.0. The standard InChI is InChI=1S/C25H22Cl2N6/c26-16-9-10-18(19(27)12-16)24-21(13-5-6-13)30-25(22(29-24)14-7-8-14)31-23-17-4-2-1-3-15(17)11-20(23)32-33-28/h1-4,9-10,12-14,20,23H,5-8,11H2,(H,30,31). The van der Waals surface area contributed by atoms with Gasteiger partial charge in [0, 0.05) is 27.3 Å². The monoisotopic (exact) mass is 476 g/mol. The highest BCUT2D eigenvalue weighted by molar-refractivity contribution is 6.36. The Hall–Kier alpha value is -2.79. The lowest BCUT2D eigenvalue weighted by Gasteiger charge is -2.22. The van der Waals surface area contributed by atoms with Crippen LogP contribution < -0.4 is 5.32 Å². The van der Waals surface area contributed by atoms with Crippen molar-refractivity contribution < 1.29 is 0 Å². The average Bonchev–Trinajstić information content (AvgIpc) is 3.72. The van der Waals surface area contributed by atoms with Gasteiger partial charge in [0.25, 0.3) is 0 Å². The van der Waals surface area contributed by atoms with Gasteiger partial charge < -0.3 is 5.32 Å². The number of benzene rings is 2. The Morgan fingerprint density at radius 3 is 2.45 bits per heavy atom. The summed E-state index contributed by atoms with van der Waals surface area (Å²) in [6, 6.07) is 13.5. The summed E-state index contributed by atoms with van der Waals surface area (Å²) in [6.45, 7) is 0. The third-order valence-electron chi connectivity index (χ3n) is 6.76. The first-order chi connectivity index (χ1) is 16.1. The Morgan fingerprint density at radius 2 is 1.73 bits per heavy atom. The van der Waals surface area contributed by atoms with Crippen LogP contribution in [-0.4, -0.2) is 16.0 Å². The second kappa shape index (κ2) is 8.21. The number of fused-ring (bicyclic) bond motifs is 1. The molecule has 0 amide bonds. The van der Waals surface area contributed by atoms with Crippen molar-refractivity contribution in [3.05, 3.63) is 85.5 Å². The number of azide groups is 1. The van der Waals surface area contributed by atoms with E-state index in [4.69, 9.17) is 38.7 Å². The van der Waals surface area contributed by atoms with Gasteiger partial charge in [0.2, 0.25) is 0 Å². The number of anilines is 1. The fourth-order valence-electron chi connectivity index (χ4n) is 4.80. The highest BCUT2D eigenvalue weighted by Gasteiger charge is 2.37. The topological polar surface area (TPSA) is 86.6 Å². The predicted molar refractivity (Wildman–Crippen MR) is 131 cm³/mol. The zero-order valence-electron chi connectivity index (χ0n) is 17.9. The van der Waals surface area contributed by atoms with Crippen molar-refractivity contribution in [1.29, 1.82) is 0 Å². The van der Waals surface area contributed by atoms with Crippen LogP contribution in [-0.2, 0) is 6.42 Å². The molecule has 3 aliphatic rings. The molecule has 33 heavy (non-hydrogen) atoms. The summed E-state index contributed by atoms with van der Waals surface area (Å²) in [5, 5.41) is 8.95. The molecule has 3 aliphatic carbocycles. The maximum atomic E-state index is 9.16. The van der Waals surface area contributed by atoms with E-state index in [1.807, 2.05) is 24.3 Å². The Balaban J connectivity index is 1.46. The van der Waals surface area contributed by atoms with Gasteiger partial charge in [-0.2, -0.15) is 0 Å². The number of rotatable bonds is 6.